The molecule has 4 atom stereocenters. The summed E-state index contributed by atoms with van der Waals surface area (Å²) in [5.41, 5.74) is 1.56. The van der Waals surface area contributed by atoms with E-state index in [1.54, 1.807) is 29.7 Å². The van der Waals surface area contributed by atoms with Gasteiger partial charge in [0.1, 0.15) is 17.5 Å². The van der Waals surface area contributed by atoms with Gasteiger partial charge in [-0.25, -0.2) is 4.79 Å². The quantitative estimate of drug-likeness (QED) is 0.848. The minimum atomic E-state index is -1.05. The number of amides is 2. The Bertz CT molecular complexity index is 693. The van der Waals surface area contributed by atoms with Crippen LogP contribution >= 0.6 is 11.8 Å². The van der Waals surface area contributed by atoms with Crippen LogP contribution in [0.1, 0.15) is 41.6 Å². The van der Waals surface area contributed by atoms with Gasteiger partial charge in [-0.05, 0) is 17.5 Å². The third kappa shape index (κ3) is 2.66. The normalized spacial score (nSPS) is 24.2. The van der Waals surface area contributed by atoms with Crippen molar-refractivity contribution >= 4 is 29.5 Å². The summed E-state index contributed by atoms with van der Waals surface area (Å²) >= 11 is 1.54. The van der Waals surface area contributed by atoms with Crippen molar-refractivity contribution in [3.8, 4) is 0 Å². The first kappa shape index (κ1) is 16.8. The van der Waals surface area contributed by atoms with Crippen LogP contribution in [0, 0.1) is 5.92 Å². The minimum Gasteiger partial charge on any atom is -0.480 e. The number of hydrogen-bond acceptors (Lipinski definition) is 4. The molecule has 0 unspecified atom stereocenters. The van der Waals surface area contributed by atoms with Gasteiger partial charge in [0.2, 0.25) is 5.91 Å². The van der Waals surface area contributed by atoms with E-state index >= 15 is 0 Å². The van der Waals surface area contributed by atoms with Gasteiger partial charge in [0, 0.05) is 11.3 Å². The van der Waals surface area contributed by atoms with E-state index < -0.39 is 18.1 Å². The van der Waals surface area contributed by atoms with Gasteiger partial charge in [-0.2, -0.15) is 0 Å². The molecule has 1 saturated heterocycles. The Morgan fingerprint density at radius 3 is 2.79 bits per heavy atom. The molecule has 2 N–H and O–H groups in total. The lowest BCUT2D eigenvalue weighted by molar-refractivity contribution is -0.143. The van der Waals surface area contributed by atoms with E-state index in [0.717, 1.165) is 5.56 Å². The Labute approximate surface area is 144 Å². The molecule has 3 rings (SSSR count). The highest BCUT2D eigenvalue weighted by atomic mass is 32.2. The topological polar surface area (TPSA) is 86.7 Å². The summed E-state index contributed by atoms with van der Waals surface area (Å²) in [6, 6.07) is 5.79. The summed E-state index contributed by atoms with van der Waals surface area (Å²) < 4.78 is 0. The van der Waals surface area contributed by atoms with Gasteiger partial charge in [-0.3, -0.25) is 9.59 Å². The molecule has 128 valence electrons. The molecule has 0 aliphatic carbocycles. The number of nitrogens with one attached hydrogen (secondary N) is 1. The molecular formula is C17H20N2O4S. The molecule has 2 heterocycles. The van der Waals surface area contributed by atoms with Crippen LogP contribution in [0.5, 0.6) is 0 Å². The van der Waals surface area contributed by atoms with Crippen LogP contribution in [-0.2, 0) is 9.59 Å². The molecule has 2 aliphatic rings. The zero-order valence-electron chi connectivity index (χ0n) is 13.6. The fourth-order valence-electron chi connectivity index (χ4n) is 3.17. The lowest BCUT2D eigenvalue weighted by atomic mass is 9.99. The van der Waals surface area contributed by atoms with E-state index in [-0.39, 0.29) is 23.1 Å². The number of fused-ring (bicyclic) bond motifs is 3. The molecule has 1 fully saturated rings. The van der Waals surface area contributed by atoms with Gasteiger partial charge in [0.05, 0.1) is 0 Å². The molecule has 7 heteroatoms. The lowest BCUT2D eigenvalue weighted by Gasteiger charge is -2.26. The second-order valence-corrected chi connectivity index (χ2v) is 7.32. The Morgan fingerprint density at radius 1 is 1.42 bits per heavy atom. The molecule has 24 heavy (non-hydrogen) atoms. The third-order valence-electron chi connectivity index (χ3n) is 4.77. The van der Waals surface area contributed by atoms with Crippen molar-refractivity contribution in [1.29, 1.82) is 0 Å². The molecule has 1 aromatic rings. The van der Waals surface area contributed by atoms with Gasteiger partial charge in [0.15, 0.2) is 0 Å². The molecular weight excluding hydrogens is 328 g/mol. The summed E-state index contributed by atoms with van der Waals surface area (Å²) in [5.74, 6) is -1.29. The number of benzene rings is 1. The summed E-state index contributed by atoms with van der Waals surface area (Å²) in [6.45, 7) is 3.68. The largest absolute Gasteiger partial charge is 0.480 e. The number of carboxylic acids is 1. The summed E-state index contributed by atoms with van der Waals surface area (Å²) in [5, 5.41) is 11.8. The maximum Gasteiger partial charge on any atom is 0.326 e. The molecule has 1 aromatic carbocycles. The summed E-state index contributed by atoms with van der Waals surface area (Å²) in [4.78, 5) is 38.3. The van der Waals surface area contributed by atoms with E-state index in [2.05, 4.69) is 5.32 Å². The Hall–Kier alpha value is -2.02. The van der Waals surface area contributed by atoms with Gasteiger partial charge >= 0.3 is 5.97 Å². The number of aliphatic carboxylic acids is 1. The SMILES string of the molecule is CC[C@H](C)[C@H](NC(=O)[C@H]1CS[C@@H]2c3ccccc3C(=O)N12)C(=O)O. The van der Waals surface area contributed by atoms with Crippen LogP contribution in [-0.4, -0.2) is 45.6 Å². The second kappa shape index (κ2) is 6.47. The van der Waals surface area contributed by atoms with Crippen LogP contribution in [0.2, 0.25) is 0 Å². The minimum absolute atomic E-state index is 0.156. The molecule has 0 spiro atoms. The molecule has 2 amide bonds. The maximum absolute atomic E-state index is 12.6. The number of carbonyl (C=O) groups is 3. The van der Waals surface area contributed by atoms with Crippen molar-refractivity contribution in [2.24, 2.45) is 5.92 Å². The second-order valence-electron chi connectivity index (χ2n) is 6.21. The van der Waals surface area contributed by atoms with Gasteiger partial charge in [0.25, 0.3) is 5.91 Å². The number of hydrogen-bond donors (Lipinski definition) is 2. The van der Waals surface area contributed by atoms with E-state index in [0.29, 0.717) is 17.7 Å². The number of thioether (sulfide) groups is 1. The molecule has 0 aromatic heterocycles. The van der Waals surface area contributed by atoms with Crippen molar-refractivity contribution in [3.05, 3.63) is 35.4 Å². The first-order valence-electron chi connectivity index (χ1n) is 8.02. The predicted octanol–water partition coefficient (Wildman–Crippen LogP) is 1.87. The van der Waals surface area contributed by atoms with E-state index in [1.807, 2.05) is 25.1 Å². The number of carboxylic acid groups (broad SMARTS) is 1. The predicted molar refractivity (Wildman–Crippen MR) is 90.6 cm³/mol. The highest BCUT2D eigenvalue weighted by molar-refractivity contribution is 7.99. The molecule has 0 saturated carbocycles. The van der Waals surface area contributed by atoms with E-state index in [4.69, 9.17) is 0 Å². The van der Waals surface area contributed by atoms with Crippen molar-refractivity contribution in [3.63, 3.8) is 0 Å². The molecule has 0 radical (unpaired) electrons. The van der Waals surface area contributed by atoms with E-state index in [1.165, 1.54) is 0 Å². The van der Waals surface area contributed by atoms with Crippen molar-refractivity contribution in [2.45, 2.75) is 37.7 Å². The van der Waals surface area contributed by atoms with Crippen LogP contribution in [0.3, 0.4) is 0 Å². The Kier molecular flexibility index (Phi) is 4.54. The van der Waals surface area contributed by atoms with Crippen molar-refractivity contribution < 1.29 is 19.5 Å². The zero-order valence-corrected chi connectivity index (χ0v) is 14.4. The Morgan fingerprint density at radius 2 is 2.12 bits per heavy atom. The highest BCUT2D eigenvalue weighted by Gasteiger charge is 2.48. The maximum atomic E-state index is 12.6. The van der Waals surface area contributed by atoms with Gasteiger partial charge < -0.3 is 15.3 Å². The van der Waals surface area contributed by atoms with Crippen LogP contribution in [0.15, 0.2) is 24.3 Å². The average molecular weight is 348 g/mol. The monoisotopic (exact) mass is 348 g/mol. The number of carbonyl (C=O) groups excluding carboxylic acids is 2. The zero-order chi connectivity index (χ0) is 17.4. The van der Waals surface area contributed by atoms with Crippen molar-refractivity contribution in [1.82, 2.24) is 10.2 Å². The van der Waals surface area contributed by atoms with Gasteiger partial charge in [-0.1, -0.05) is 38.5 Å². The first-order chi connectivity index (χ1) is 11.5. The molecule has 0 bridgehead atoms. The van der Waals surface area contributed by atoms with E-state index in [9.17, 15) is 19.5 Å². The summed E-state index contributed by atoms with van der Waals surface area (Å²) in [7, 11) is 0. The molecule has 6 nitrogen and oxygen atoms in total. The molecule has 2 aliphatic heterocycles. The summed E-state index contributed by atoms with van der Waals surface area (Å²) in [6.07, 6.45) is 0.646. The number of nitrogens with zero attached hydrogens (tertiary/aromatic N) is 1. The van der Waals surface area contributed by atoms with Crippen LogP contribution < -0.4 is 5.32 Å². The third-order valence-corrected chi connectivity index (χ3v) is 6.08. The standard InChI is InChI=1S/C17H20N2O4S/c1-3-9(2)13(17(22)23)18-14(20)12-8-24-16-11-7-5-4-6-10(11)15(21)19(12)16/h4-7,9,12-13,16H,3,8H2,1-2H3,(H,18,20)(H,22,23)/t9-,12+,13-,16+/m0/s1. The van der Waals surface area contributed by atoms with Gasteiger partial charge in [-0.15, -0.1) is 11.8 Å². The van der Waals surface area contributed by atoms with Crippen molar-refractivity contribution in [2.75, 3.05) is 5.75 Å². The van der Waals surface area contributed by atoms with Crippen LogP contribution in [0.4, 0.5) is 0 Å². The highest BCUT2D eigenvalue weighted by Crippen LogP contribution is 2.48. The fraction of sp³-hybridized carbons (Fsp3) is 0.471. The average Bonchev–Trinajstić information content (AvgIpc) is 3.12. The first-order valence-corrected chi connectivity index (χ1v) is 9.07. The smallest absolute Gasteiger partial charge is 0.326 e. The number of rotatable bonds is 5. The lowest BCUT2D eigenvalue weighted by Crippen LogP contribution is -2.53. The fourth-order valence-corrected chi connectivity index (χ4v) is 4.64. The Balaban J connectivity index is 1.79. The van der Waals surface area contributed by atoms with Crippen LogP contribution in [0.25, 0.3) is 0 Å².